The Hall–Kier alpha value is -1.52. The first kappa shape index (κ1) is 15.9. The molecule has 0 radical (unpaired) electrons. The van der Waals surface area contributed by atoms with Gasteiger partial charge in [-0.15, -0.1) is 0 Å². The molecular formula is C16H21ClN2O2. The van der Waals surface area contributed by atoms with Crippen molar-refractivity contribution in [2.45, 2.75) is 19.9 Å². The second kappa shape index (κ2) is 6.96. The van der Waals surface area contributed by atoms with Crippen molar-refractivity contribution in [1.29, 1.82) is 0 Å². The van der Waals surface area contributed by atoms with Crippen molar-refractivity contribution >= 4 is 29.3 Å². The number of carboxylic acid groups (broad SMARTS) is 1. The lowest BCUT2D eigenvalue weighted by Crippen LogP contribution is -2.49. The molecule has 5 heteroatoms. The standard InChI is InChI=1S/C16H21ClN2O2/c1-12(2)18-7-9-19(10-8-18)15-5-4-14(17)11-13(15)3-6-16(20)21/h3-6,11-12H,7-10H2,1-2H3,(H,20,21)/b6-3+. The lowest BCUT2D eigenvalue weighted by atomic mass is 10.1. The molecule has 1 fully saturated rings. The number of nitrogens with zero attached hydrogens (tertiary/aromatic N) is 2. The summed E-state index contributed by atoms with van der Waals surface area (Å²) >= 11 is 6.03. The summed E-state index contributed by atoms with van der Waals surface area (Å²) in [6, 6.07) is 6.19. The highest BCUT2D eigenvalue weighted by molar-refractivity contribution is 6.30. The van der Waals surface area contributed by atoms with Crippen molar-refractivity contribution in [3.8, 4) is 0 Å². The molecule has 1 aromatic carbocycles. The number of hydrogen-bond donors (Lipinski definition) is 1. The smallest absolute Gasteiger partial charge is 0.328 e. The summed E-state index contributed by atoms with van der Waals surface area (Å²) < 4.78 is 0. The molecule has 1 aromatic rings. The molecule has 114 valence electrons. The highest BCUT2D eigenvalue weighted by Gasteiger charge is 2.20. The SMILES string of the molecule is CC(C)N1CCN(c2ccc(Cl)cc2/C=C/C(=O)O)CC1. The van der Waals surface area contributed by atoms with Gasteiger partial charge in [0.25, 0.3) is 0 Å². The normalized spacial score (nSPS) is 16.9. The molecule has 0 aromatic heterocycles. The van der Waals surface area contributed by atoms with E-state index in [1.165, 1.54) is 0 Å². The maximum absolute atomic E-state index is 10.7. The van der Waals surface area contributed by atoms with Crippen molar-refractivity contribution in [2.75, 3.05) is 31.1 Å². The molecule has 0 spiro atoms. The highest BCUT2D eigenvalue weighted by Crippen LogP contribution is 2.27. The Labute approximate surface area is 130 Å². The second-order valence-corrected chi connectivity index (χ2v) is 5.93. The van der Waals surface area contributed by atoms with Gasteiger partial charge in [0.05, 0.1) is 0 Å². The van der Waals surface area contributed by atoms with Crippen molar-refractivity contribution in [1.82, 2.24) is 4.90 Å². The number of hydrogen-bond acceptors (Lipinski definition) is 3. The first-order valence-corrected chi connectivity index (χ1v) is 7.54. The third-order valence-corrected chi connectivity index (χ3v) is 4.02. The van der Waals surface area contributed by atoms with Gasteiger partial charge in [-0.3, -0.25) is 4.90 Å². The Bertz CT molecular complexity index is 535. The van der Waals surface area contributed by atoms with Crippen LogP contribution in [-0.2, 0) is 4.79 Å². The van der Waals surface area contributed by atoms with Crippen LogP contribution in [0.1, 0.15) is 19.4 Å². The first-order chi connectivity index (χ1) is 9.97. The zero-order valence-corrected chi connectivity index (χ0v) is 13.2. The van der Waals surface area contributed by atoms with Gasteiger partial charge < -0.3 is 10.0 Å². The summed E-state index contributed by atoms with van der Waals surface area (Å²) in [5.41, 5.74) is 1.89. The van der Waals surface area contributed by atoms with Gasteiger partial charge in [-0.2, -0.15) is 0 Å². The minimum absolute atomic E-state index is 0.559. The summed E-state index contributed by atoms with van der Waals surface area (Å²) in [5, 5.41) is 9.42. The van der Waals surface area contributed by atoms with Crippen LogP contribution in [0.25, 0.3) is 6.08 Å². The lowest BCUT2D eigenvalue weighted by molar-refractivity contribution is -0.131. The fraction of sp³-hybridized carbons (Fsp3) is 0.438. The molecule has 0 unspecified atom stereocenters. The summed E-state index contributed by atoms with van der Waals surface area (Å²) in [5.74, 6) is -0.953. The number of carbonyl (C=O) groups is 1. The van der Waals surface area contributed by atoms with Crippen LogP contribution in [-0.4, -0.2) is 48.2 Å². The predicted molar refractivity (Wildman–Crippen MR) is 87.0 cm³/mol. The van der Waals surface area contributed by atoms with Gasteiger partial charge in [-0.05, 0) is 43.7 Å². The van der Waals surface area contributed by atoms with E-state index in [0.717, 1.165) is 43.5 Å². The Balaban J connectivity index is 2.18. The number of piperazine rings is 1. The molecule has 1 saturated heterocycles. The monoisotopic (exact) mass is 308 g/mol. The van der Waals surface area contributed by atoms with E-state index in [1.54, 1.807) is 6.08 Å². The van der Waals surface area contributed by atoms with E-state index in [1.807, 2.05) is 18.2 Å². The molecule has 1 aliphatic heterocycles. The molecule has 1 aliphatic rings. The molecule has 0 bridgehead atoms. The molecule has 2 rings (SSSR count). The summed E-state index contributed by atoms with van der Waals surface area (Å²) in [7, 11) is 0. The minimum atomic E-state index is -0.953. The van der Waals surface area contributed by atoms with Crippen molar-refractivity contribution in [3.05, 3.63) is 34.9 Å². The Morgan fingerprint density at radius 2 is 1.95 bits per heavy atom. The van der Waals surface area contributed by atoms with E-state index in [0.29, 0.717) is 11.1 Å². The van der Waals surface area contributed by atoms with Crippen molar-refractivity contribution in [2.24, 2.45) is 0 Å². The maximum atomic E-state index is 10.7. The van der Waals surface area contributed by atoms with Crippen LogP contribution < -0.4 is 4.90 Å². The van der Waals surface area contributed by atoms with Crippen molar-refractivity contribution < 1.29 is 9.90 Å². The highest BCUT2D eigenvalue weighted by atomic mass is 35.5. The summed E-state index contributed by atoms with van der Waals surface area (Å²) in [6.07, 6.45) is 2.76. The molecule has 1 heterocycles. The number of anilines is 1. The average Bonchev–Trinajstić information content (AvgIpc) is 2.45. The van der Waals surface area contributed by atoms with E-state index in [4.69, 9.17) is 16.7 Å². The van der Waals surface area contributed by atoms with Crippen LogP contribution in [0.3, 0.4) is 0 Å². The van der Waals surface area contributed by atoms with Crippen LogP contribution in [0.2, 0.25) is 5.02 Å². The fourth-order valence-electron chi connectivity index (χ4n) is 2.59. The quantitative estimate of drug-likeness (QED) is 0.869. The van der Waals surface area contributed by atoms with E-state index >= 15 is 0 Å². The fourth-order valence-corrected chi connectivity index (χ4v) is 2.77. The van der Waals surface area contributed by atoms with Gasteiger partial charge in [-0.25, -0.2) is 4.79 Å². The average molecular weight is 309 g/mol. The zero-order chi connectivity index (χ0) is 15.4. The third-order valence-electron chi connectivity index (χ3n) is 3.78. The van der Waals surface area contributed by atoms with E-state index in [2.05, 4.69) is 23.6 Å². The Morgan fingerprint density at radius 1 is 1.29 bits per heavy atom. The van der Waals surface area contributed by atoms with Gasteiger partial charge in [0.2, 0.25) is 0 Å². The topological polar surface area (TPSA) is 43.8 Å². The number of halogens is 1. The summed E-state index contributed by atoms with van der Waals surface area (Å²) in [4.78, 5) is 15.5. The maximum Gasteiger partial charge on any atom is 0.328 e. The zero-order valence-electron chi connectivity index (χ0n) is 12.4. The number of benzene rings is 1. The van der Waals surface area contributed by atoms with Crippen LogP contribution in [0.4, 0.5) is 5.69 Å². The van der Waals surface area contributed by atoms with Crippen LogP contribution in [0.15, 0.2) is 24.3 Å². The van der Waals surface area contributed by atoms with E-state index in [9.17, 15) is 4.79 Å². The van der Waals surface area contributed by atoms with Gasteiger partial charge in [-0.1, -0.05) is 11.6 Å². The van der Waals surface area contributed by atoms with Gasteiger partial charge in [0, 0.05) is 49.0 Å². The van der Waals surface area contributed by atoms with Crippen LogP contribution >= 0.6 is 11.6 Å². The van der Waals surface area contributed by atoms with Crippen LogP contribution in [0, 0.1) is 0 Å². The molecule has 0 amide bonds. The Kier molecular flexibility index (Phi) is 5.26. The largest absolute Gasteiger partial charge is 0.478 e. The summed E-state index contributed by atoms with van der Waals surface area (Å²) in [6.45, 7) is 8.32. The molecular weight excluding hydrogens is 288 g/mol. The van der Waals surface area contributed by atoms with Crippen LogP contribution in [0.5, 0.6) is 0 Å². The van der Waals surface area contributed by atoms with Crippen molar-refractivity contribution in [3.63, 3.8) is 0 Å². The minimum Gasteiger partial charge on any atom is -0.478 e. The molecule has 0 aliphatic carbocycles. The van der Waals surface area contributed by atoms with Gasteiger partial charge >= 0.3 is 5.97 Å². The van der Waals surface area contributed by atoms with E-state index < -0.39 is 5.97 Å². The molecule has 21 heavy (non-hydrogen) atoms. The number of aliphatic carboxylic acids is 1. The van der Waals surface area contributed by atoms with E-state index in [-0.39, 0.29) is 0 Å². The second-order valence-electron chi connectivity index (χ2n) is 5.49. The molecule has 4 nitrogen and oxygen atoms in total. The van der Waals surface area contributed by atoms with Gasteiger partial charge in [0.1, 0.15) is 0 Å². The first-order valence-electron chi connectivity index (χ1n) is 7.17. The molecule has 1 N–H and O–H groups in total. The van der Waals surface area contributed by atoms with Gasteiger partial charge in [0.15, 0.2) is 0 Å². The molecule has 0 saturated carbocycles. The number of carboxylic acids is 1. The Morgan fingerprint density at radius 3 is 2.52 bits per heavy atom. The molecule has 0 atom stereocenters. The predicted octanol–water partition coefficient (Wildman–Crippen LogP) is 2.97. The lowest BCUT2D eigenvalue weighted by Gasteiger charge is -2.38. The third kappa shape index (κ3) is 4.22. The number of rotatable bonds is 4.